The molecule has 27 heavy (non-hydrogen) atoms. The highest BCUT2D eigenvalue weighted by molar-refractivity contribution is 6.00. The number of aliphatic imine (C=N–C) groups is 1. The minimum absolute atomic E-state index is 0.0641. The number of nitrogens with two attached hydrogens (primary N) is 1. The molecule has 0 unspecified atom stereocenters. The van der Waals surface area contributed by atoms with Crippen LogP contribution in [0.2, 0.25) is 0 Å². The highest BCUT2D eigenvalue weighted by Crippen LogP contribution is 2.13. The van der Waals surface area contributed by atoms with Crippen LogP contribution in [0.1, 0.15) is 52.2 Å². The Morgan fingerprint density at radius 1 is 1.30 bits per heavy atom. The van der Waals surface area contributed by atoms with Crippen LogP contribution in [0, 0.1) is 12.3 Å². The van der Waals surface area contributed by atoms with Gasteiger partial charge in [-0.2, -0.15) is 4.98 Å². The average Bonchev–Trinajstić information content (AvgIpc) is 2.62. The van der Waals surface area contributed by atoms with Gasteiger partial charge in [0.15, 0.2) is 5.82 Å². The highest BCUT2D eigenvalue weighted by atomic mass is 16.1. The maximum absolute atomic E-state index is 11.3. The largest absolute Gasteiger partial charge is 0.369 e. The molecule has 2 rings (SSSR count). The summed E-state index contributed by atoms with van der Waals surface area (Å²) >= 11 is 0. The van der Waals surface area contributed by atoms with Crippen molar-refractivity contribution in [1.29, 1.82) is 0 Å². The highest BCUT2D eigenvalue weighted by Gasteiger charge is 2.02. The first-order valence-electron chi connectivity index (χ1n) is 8.89. The maximum atomic E-state index is 11.3. The molecule has 1 aromatic heterocycles. The SMILES string of the molecule is C#CC.C=C(C)CCc1ccc(C(C)=Nc2cc(=O)[nH]c(N)n2)cc1.CC. The lowest BCUT2D eigenvalue weighted by atomic mass is 10.0. The van der Waals surface area contributed by atoms with E-state index >= 15 is 0 Å². The second kappa shape index (κ2) is 13.1. The van der Waals surface area contributed by atoms with Gasteiger partial charge >= 0.3 is 0 Å². The second-order valence-corrected chi connectivity index (χ2v) is 5.63. The third-order valence-corrected chi connectivity index (χ3v) is 3.24. The van der Waals surface area contributed by atoms with Crippen molar-refractivity contribution in [3.8, 4) is 12.3 Å². The van der Waals surface area contributed by atoms with Crippen LogP contribution in [0.5, 0.6) is 0 Å². The molecule has 3 N–H and O–H groups in total. The van der Waals surface area contributed by atoms with E-state index in [1.54, 1.807) is 6.92 Å². The van der Waals surface area contributed by atoms with E-state index in [1.165, 1.54) is 17.2 Å². The van der Waals surface area contributed by atoms with Crippen molar-refractivity contribution in [2.24, 2.45) is 4.99 Å². The lowest BCUT2D eigenvalue weighted by molar-refractivity contribution is 0.946. The van der Waals surface area contributed by atoms with Crippen molar-refractivity contribution in [1.82, 2.24) is 9.97 Å². The smallest absolute Gasteiger partial charge is 0.254 e. The van der Waals surface area contributed by atoms with Crippen LogP contribution in [0.15, 0.2) is 52.3 Å². The summed E-state index contributed by atoms with van der Waals surface area (Å²) in [6.07, 6.45) is 6.57. The molecule has 0 aliphatic carbocycles. The summed E-state index contributed by atoms with van der Waals surface area (Å²) in [6.45, 7) is 13.5. The maximum Gasteiger partial charge on any atom is 0.254 e. The molecule has 0 aliphatic rings. The number of nitrogens with one attached hydrogen (secondary N) is 1. The van der Waals surface area contributed by atoms with Crippen molar-refractivity contribution < 1.29 is 0 Å². The summed E-state index contributed by atoms with van der Waals surface area (Å²) in [5, 5.41) is 0. The zero-order valence-corrected chi connectivity index (χ0v) is 17.0. The number of nitrogen functional groups attached to an aromatic ring is 1. The number of aromatic amines is 1. The zero-order valence-electron chi connectivity index (χ0n) is 17.0. The molecule has 5 heteroatoms. The van der Waals surface area contributed by atoms with Gasteiger partial charge in [-0.1, -0.05) is 43.7 Å². The average molecular weight is 367 g/mol. The van der Waals surface area contributed by atoms with Gasteiger partial charge in [0.2, 0.25) is 5.95 Å². The Kier molecular flexibility index (Phi) is 11.6. The number of anilines is 1. The number of aromatic nitrogens is 2. The van der Waals surface area contributed by atoms with E-state index in [4.69, 9.17) is 5.73 Å². The van der Waals surface area contributed by atoms with Crippen molar-refractivity contribution in [3.63, 3.8) is 0 Å². The van der Waals surface area contributed by atoms with E-state index in [0.29, 0.717) is 5.82 Å². The first kappa shape index (κ1) is 23.9. The van der Waals surface area contributed by atoms with Crippen LogP contribution in [0.25, 0.3) is 0 Å². The Labute approximate surface area is 162 Å². The predicted octanol–water partition coefficient (Wildman–Crippen LogP) is 4.67. The Morgan fingerprint density at radius 2 is 1.85 bits per heavy atom. The molecule has 144 valence electrons. The molecule has 1 aromatic carbocycles. The Hall–Kier alpha value is -3.13. The predicted molar refractivity (Wildman–Crippen MR) is 117 cm³/mol. The van der Waals surface area contributed by atoms with Crippen LogP contribution in [-0.4, -0.2) is 15.7 Å². The fraction of sp³-hybridized carbons (Fsp3) is 0.318. The summed E-state index contributed by atoms with van der Waals surface area (Å²) in [4.78, 5) is 22.1. The molecule has 0 saturated heterocycles. The molecular weight excluding hydrogens is 336 g/mol. The molecule has 0 aliphatic heterocycles. The normalized spacial score (nSPS) is 9.85. The number of allylic oxidation sites excluding steroid dienone is 1. The first-order valence-corrected chi connectivity index (χ1v) is 8.89. The molecule has 0 fully saturated rings. The molecule has 0 spiro atoms. The molecule has 5 nitrogen and oxygen atoms in total. The summed E-state index contributed by atoms with van der Waals surface area (Å²) in [7, 11) is 0. The number of H-pyrrole nitrogens is 1. The van der Waals surface area contributed by atoms with Crippen molar-refractivity contribution in [2.75, 3.05) is 5.73 Å². The fourth-order valence-corrected chi connectivity index (χ4v) is 2.03. The second-order valence-electron chi connectivity index (χ2n) is 5.63. The van der Waals surface area contributed by atoms with E-state index < -0.39 is 0 Å². The number of aryl methyl sites for hydroxylation is 1. The minimum atomic E-state index is -0.311. The van der Waals surface area contributed by atoms with E-state index in [-0.39, 0.29) is 11.5 Å². The van der Waals surface area contributed by atoms with Crippen LogP contribution in [-0.2, 0) is 6.42 Å². The van der Waals surface area contributed by atoms with Crippen molar-refractivity contribution in [3.05, 3.63) is 64.0 Å². The lowest BCUT2D eigenvalue weighted by Crippen LogP contribution is -2.09. The Balaban J connectivity index is 0.00000123. The van der Waals surface area contributed by atoms with Gasteiger partial charge in [0, 0.05) is 11.8 Å². The zero-order chi connectivity index (χ0) is 20.8. The van der Waals surface area contributed by atoms with Gasteiger partial charge in [-0.25, -0.2) is 4.99 Å². The third kappa shape index (κ3) is 9.81. The van der Waals surface area contributed by atoms with E-state index in [2.05, 4.69) is 46.0 Å². The van der Waals surface area contributed by atoms with Crippen LogP contribution >= 0.6 is 0 Å². The summed E-state index contributed by atoms with van der Waals surface area (Å²) < 4.78 is 0. The summed E-state index contributed by atoms with van der Waals surface area (Å²) in [6, 6.07) is 9.51. The number of benzene rings is 1. The standard InChI is InChI=1S/C17H20N4O.C3H4.C2H6/c1-11(2)4-5-13-6-8-14(9-7-13)12(3)19-15-10-16(22)21-17(18)20-15;1-3-2;1-2/h6-10H,1,4-5H2,2-3H3,(H3,18,20,21,22);1H,2H3;1-2H3. The molecule has 0 amide bonds. The van der Waals surface area contributed by atoms with Crippen LogP contribution in [0.3, 0.4) is 0 Å². The number of hydrogen-bond acceptors (Lipinski definition) is 4. The quantitative estimate of drug-likeness (QED) is 0.458. The number of hydrogen-bond donors (Lipinski definition) is 2. The number of nitrogens with zero attached hydrogens (tertiary/aromatic N) is 2. The number of rotatable bonds is 5. The summed E-state index contributed by atoms with van der Waals surface area (Å²) in [5.41, 5.74) is 9.41. The van der Waals surface area contributed by atoms with Gasteiger partial charge in [-0.3, -0.25) is 9.78 Å². The van der Waals surface area contributed by atoms with Gasteiger partial charge in [-0.05, 0) is 44.7 Å². The number of terminal acetylenes is 1. The minimum Gasteiger partial charge on any atom is -0.369 e. The van der Waals surface area contributed by atoms with Crippen molar-refractivity contribution in [2.45, 2.75) is 47.5 Å². The third-order valence-electron chi connectivity index (χ3n) is 3.24. The van der Waals surface area contributed by atoms with Gasteiger partial charge in [0.1, 0.15) is 0 Å². The molecule has 2 aromatic rings. The molecular formula is C22H30N4O. The van der Waals surface area contributed by atoms with Crippen molar-refractivity contribution >= 4 is 17.5 Å². The van der Waals surface area contributed by atoms with Gasteiger partial charge < -0.3 is 5.73 Å². The van der Waals surface area contributed by atoms with Gasteiger partial charge in [0.25, 0.3) is 5.56 Å². The Morgan fingerprint density at radius 3 is 2.33 bits per heavy atom. The van der Waals surface area contributed by atoms with E-state index in [9.17, 15) is 4.79 Å². The summed E-state index contributed by atoms with van der Waals surface area (Å²) in [5.74, 6) is 2.62. The fourth-order valence-electron chi connectivity index (χ4n) is 2.03. The Bertz CT molecular complexity index is 840. The van der Waals surface area contributed by atoms with Crippen LogP contribution in [0.4, 0.5) is 11.8 Å². The van der Waals surface area contributed by atoms with E-state index in [0.717, 1.165) is 24.1 Å². The molecule has 0 saturated carbocycles. The van der Waals surface area contributed by atoms with Crippen LogP contribution < -0.4 is 11.3 Å². The molecule has 0 atom stereocenters. The van der Waals surface area contributed by atoms with E-state index in [1.807, 2.05) is 39.8 Å². The monoisotopic (exact) mass is 366 g/mol. The molecule has 0 radical (unpaired) electrons. The molecule has 0 bridgehead atoms. The van der Waals surface area contributed by atoms with Gasteiger partial charge in [0.05, 0.1) is 0 Å². The topological polar surface area (TPSA) is 84.1 Å². The van der Waals surface area contributed by atoms with Gasteiger partial charge in [-0.15, -0.1) is 18.9 Å². The first-order chi connectivity index (χ1) is 12.8. The molecule has 1 heterocycles. The lowest BCUT2D eigenvalue weighted by Gasteiger charge is -2.04.